The number of aldehydes is 1. The number of carbonyl (C=O) groups is 2. The highest BCUT2D eigenvalue weighted by Crippen LogP contribution is 2.31. The van der Waals surface area contributed by atoms with E-state index in [4.69, 9.17) is 23.2 Å². The van der Waals surface area contributed by atoms with E-state index in [1.165, 1.54) is 0 Å². The molecule has 16 heavy (non-hydrogen) atoms. The molecule has 0 amide bonds. The molecule has 1 aromatic rings. The van der Waals surface area contributed by atoms with E-state index < -0.39 is 0 Å². The van der Waals surface area contributed by atoms with Crippen LogP contribution in [0.1, 0.15) is 15.9 Å². The molecule has 5 heteroatoms. The molecule has 1 aromatic carbocycles. The lowest BCUT2D eigenvalue weighted by Gasteiger charge is -2.05. The maximum Gasteiger partial charge on any atom is 0.179 e. The first-order valence-electron chi connectivity index (χ1n) is 4.79. The number of ketones is 1. The predicted molar refractivity (Wildman–Crippen MR) is 63.7 cm³/mol. The number of Topliss-reactive ketones (excluding diaryl/α,β-unsaturated/α-hetero) is 1. The van der Waals surface area contributed by atoms with Crippen LogP contribution >= 0.6 is 23.2 Å². The Morgan fingerprint density at radius 3 is 2.94 bits per heavy atom. The zero-order valence-electron chi connectivity index (χ0n) is 8.30. The molecule has 3 nitrogen and oxygen atoms in total. The van der Waals surface area contributed by atoms with Crippen molar-refractivity contribution >= 4 is 41.0 Å². The van der Waals surface area contributed by atoms with Gasteiger partial charge in [0.1, 0.15) is 6.29 Å². The van der Waals surface area contributed by atoms with E-state index in [1.54, 1.807) is 12.1 Å². The van der Waals surface area contributed by atoms with E-state index in [0.717, 1.165) is 17.5 Å². The summed E-state index contributed by atoms with van der Waals surface area (Å²) in [5.41, 5.74) is 2.16. The van der Waals surface area contributed by atoms with Crippen LogP contribution < -0.4 is 5.32 Å². The summed E-state index contributed by atoms with van der Waals surface area (Å²) in [6.45, 7) is 0. The van der Waals surface area contributed by atoms with Crippen LogP contribution in [0.3, 0.4) is 0 Å². The summed E-state index contributed by atoms with van der Waals surface area (Å²) in [4.78, 5) is 22.1. The maximum atomic E-state index is 11.5. The van der Waals surface area contributed by atoms with Gasteiger partial charge in [0, 0.05) is 17.7 Å². The minimum Gasteiger partial charge on any atom is -0.375 e. The number of rotatable bonds is 3. The number of fused-ring (bicyclic) bond motifs is 1. The Balaban J connectivity index is 2.40. The highest BCUT2D eigenvalue weighted by molar-refractivity contribution is 6.37. The van der Waals surface area contributed by atoms with Crippen LogP contribution in [0, 0.1) is 0 Å². The Hall–Kier alpha value is -1.06. The standard InChI is InChI=1S/C11H9Cl2NO2/c12-4-11(16)8-2-6-1-7(5-15)14-10(6)3-9(8)13/h2-3,5,7,14H,1,4H2. The fourth-order valence-electron chi connectivity index (χ4n) is 1.78. The Morgan fingerprint density at radius 1 is 1.56 bits per heavy atom. The van der Waals surface area contributed by atoms with Gasteiger partial charge in [0.05, 0.1) is 16.9 Å². The third-order valence-corrected chi connectivity index (χ3v) is 3.12. The van der Waals surface area contributed by atoms with Gasteiger partial charge in [0.25, 0.3) is 0 Å². The second-order valence-electron chi connectivity index (χ2n) is 3.64. The number of nitrogens with one attached hydrogen (secondary N) is 1. The summed E-state index contributed by atoms with van der Waals surface area (Å²) in [6, 6.07) is 3.14. The lowest BCUT2D eigenvalue weighted by Crippen LogP contribution is -2.16. The molecule has 1 aliphatic heterocycles. The quantitative estimate of drug-likeness (QED) is 0.514. The van der Waals surface area contributed by atoms with Crippen molar-refractivity contribution in [2.24, 2.45) is 0 Å². The van der Waals surface area contributed by atoms with Crippen molar-refractivity contribution in [3.63, 3.8) is 0 Å². The van der Waals surface area contributed by atoms with Gasteiger partial charge in [-0.2, -0.15) is 0 Å². The molecule has 1 atom stereocenters. The fraction of sp³-hybridized carbons (Fsp3) is 0.273. The van der Waals surface area contributed by atoms with Crippen molar-refractivity contribution in [1.82, 2.24) is 0 Å². The molecule has 0 fully saturated rings. The van der Waals surface area contributed by atoms with E-state index in [-0.39, 0.29) is 17.7 Å². The summed E-state index contributed by atoms with van der Waals surface area (Å²) < 4.78 is 0. The van der Waals surface area contributed by atoms with Crippen molar-refractivity contribution in [1.29, 1.82) is 0 Å². The minimum absolute atomic E-state index is 0.0942. The Morgan fingerprint density at radius 2 is 2.31 bits per heavy atom. The SMILES string of the molecule is O=CC1Cc2cc(C(=O)CCl)c(Cl)cc2N1. The topological polar surface area (TPSA) is 46.2 Å². The van der Waals surface area contributed by atoms with Crippen molar-refractivity contribution in [3.05, 3.63) is 28.3 Å². The lowest BCUT2D eigenvalue weighted by molar-refractivity contribution is -0.108. The van der Waals surface area contributed by atoms with Gasteiger partial charge < -0.3 is 10.1 Å². The molecular weight excluding hydrogens is 249 g/mol. The van der Waals surface area contributed by atoms with Gasteiger partial charge in [0.15, 0.2) is 5.78 Å². The number of halogens is 2. The molecule has 1 N–H and O–H groups in total. The third kappa shape index (κ3) is 1.93. The van der Waals surface area contributed by atoms with E-state index in [9.17, 15) is 9.59 Å². The summed E-state index contributed by atoms with van der Waals surface area (Å²) in [6.07, 6.45) is 1.43. The summed E-state index contributed by atoms with van der Waals surface area (Å²) in [5, 5.41) is 3.38. The average molecular weight is 258 g/mol. The summed E-state index contributed by atoms with van der Waals surface area (Å²) in [5.74, 6) is -0.299. The highest BCUT2D eigenvalue weighted by atomic mass is 35.5. The first-order valence-corrected chi connectivity index (χ1v) is 5.70. The van der Waals surface area contributed by atoms with E-state index in [1.807, 2.05) is 0 Å². The molecule has 0 bridgehead atoms. The smallest absolute Gasteiger partial charge is 0.179 e. The summed E-state index contributed by atoms with van der Waals surface area (Å²) >= 11 is 11.5. The molecule has 0 radical (unpaired) electrons. The summed E-state index contributed by atoms with van der Waals surface area (Å²) in [7, 11) is 0. The van der Waals surface area contributed by atoms with Crippen LogP contribution in [-0.4, -0.2) is 24.0 Å². The van der Waals surface area contributed by atoms with Gasteiger partial charge in [-0.15, -0.1) is 11.6 Å². The number of hydrogen-bond acceptors (Lipinski definition) is 3. The minimum atomic E-state index is -0.229. The second kappa shape index (κ2) is 4.44. The van der Waals surface area contributed by atoms with Crippen LogP contribution in [0.15, 0.2) is 12.1 Å². The first-order chi connectivity index (χ1) is 7.65. The zero-order valence-corrected chi connectivity index (χ0v) is 9.81. The number of carbonyl (C=O) groups excluding carboxylic acids is 2. The Bertz CT molecular complexity index is 460. The largest absolute Gasteiger partial charge is 0.375 e. The maximum absolute atomic E-state index is 11.5. The molecule has 0 saturated carbocycles. The second-order valence-corrected chi connectivity index (χ2v) is 4.31. The van der Waals surface area contributed by atoms with Crippen molar-refractivity contribution in [2.45, 2.75) is 12.5 Å². The molecule has 84 valence electrons. The number of benzene rings is 1. The van der Waals surface area contributed by atoms with Gasteiger partial charge in [-0.05, 0) is 17.7 Å². The van der Waals surface area contributed by atoms with Crippen LogP contribution in [-0.2, 0) is 11.2 Å². The molecular formula is C11H9Cl2NO2. The van der Waals surface area contributed by atoms with Crippen molar-refractivity contribution < 1.29 is 9.59 Å². The Labute approximate surface area is 103 Å². The molecule has 0 spiro atoms. The predicted octanol–water partition coefficient (Wildman–Crippen LogP) is 2.30. The van der Waals surface area contributed by atoms with Gasteiger partial charge >= 0.3 is 0 Å². The lowest BCUT2D eigenvalue weighted by atomic mass is 10.0. The highest BCUT2D eigenvalue weighted by Gasteiger charge is 2.22. The van der Waals surface area contributed by atoms with Crippen LogP contribution in [0.4, 0.5) is 5.69 Å². The van der Waals surface area contributed by atoms with Crippen molar-refractivity contribution in [3.8, 4) is 0 Å². The van der Waals surface area contributed by atoms with E-state index in [0.29, 0.717) is 17.0 Å². The fourth-order valence-corrected chi connectivity index (χ4v) is 2.19. The van der Waals surface area contributed by atoms with E-state index >= 15 is 0 Å². The van der Waals surface area contributed by atoms with Gasteiger partial charge in [-0.1, -0.05) is 11.6 Å². The van der Waals surface area contributed by atoms with E-state index in [2.05, 4.69) is 5.32 Å². The average Bonchev–Trinajstić information content (AvgIpc) is 2.68. The molecule has 1 aliphatic rings. The Kier molecular flexibility index (Phi) is 3.17. The molecule has 1 unspecified atom stereocenters. The number of anilines is 1. The van der Waals surface area contributed by atoms with Gasteiger partial charge in [-0.25, -0.2) is 0 Å². The molecule has 0 aliphatic carbocycles. The van der Waals surface area contributed by atoms with Crippen LogP contribution in [0.5, 0.6) is 0 Å². The van der Waals surface area contributed by atoms with Gasteiger partial charge in [-0.3, -0.25) is 4.79 Å². The molecule has 2 rings (SSSR count). The molecule has 1 heterocycles. The first kappa shape index (κ1) is 11.4. The van der Waals surface area contributed by atoms with Crippen LogP contribution in [0.2, 0.25) is 5.02 Å². The molecule has 0 saturated heterocycles. The van der Waals surface area contributed by atoms with Crippen molar-refractivity contribution in [2.75, 3.05) is 11.2 Å². The molecule has 0 aromatic heterocycles. The monoisotopic (exact) mass is 257 g/mol. The van der Waals surface area contributed by atoms with Crippen LogP contribution in [0.25, 0.3) is 0 Å². The number of alkyl halides is 1. The number of hydrogen-bond donors (Lipinski definition) is 1. The normalized spacial score (nSPS) is 17.8. The van der Waals surface area contributed by atoms with Gasteiger partial charge in [0.2, 0.25) is 0 Å². The zero-order chi connectivity index (χ0) is 11.7. The third-order valence-electron chi connectivity index (χ3n) is 2.56.